The van der Waals surface area contributed by atoms with Gasteiger partial charge < -0.3 is 20.0 Å². The number of anilines is 1. The molecular weight excluding hydrogens is 406 g/mol. The highest BCUT2D eigenvalue weighted by Crippen LogP contribution is 2.21. The van der Waals surface area contributed by atoms with Crippen LogP contribution in [0.1, 0.15) is 34.5 Å². The standard InChI is InChI=1S/C25H25N3O4/c29-23-9-4-14-28(23)20-12-10-19(11-13-20)17-26-24(30)21(16-18-6-2-1-3-7-18)27-25(31)22-8-5-15-32-22/h1-3,5-8,10-13,15,21H,4,9,14,16-17H2,(H,26,30)(H,27,31). The SMILES string of the molecule is O=C(NC(Cc1ccccc1)C(=O)NCc1ccc(N2CCCC2=O)cc1)c1ccco1. The van der Waals surface area contributed by atoms with Crippen molar-refractivity contribution >= 4 is 23.4 Å². The van der Waals surface area contributed by atoms with E-state index in [0.29, 0.717) is 19.4 Å². The van der Waals surface area contributed by atoms with Crippen LogP contribution in [0.25, 0.3) is 0 Å². The summed E-state index contributed by atoms with van der Waals surface area (Å²) < 4.78 is 5.14. The van der Waals surface area contributed by atoms with E-state index in [1.807, 2.05) is 54.6 Å². The second kappa shape index (κ2) is 9.96. The molecule has 1 aromatic heterocycles. The molecule has 1 atom stereocenters. The molecule has 0 bridgehead atoms. The summed E-state index contributed by atoms with van der Waals surface area (Å²) in [5.74, 6) is -0.428. The van der Waals surface area contributed by atoms with E-state index in [0.717, 1.165) is 29.8 Å². The summed E-state index contributed by atoms with van der Waals surface area (Å²) in [7, 11) is 0. The van der Waals surface area contributed by atoms with E-state index in [9.17, 15) is 14.4 Å². The molecule has 3 amide bonds. The fraction of sp³-hybridized carbons (Fsp3) is 0.240. The van der Waals surface area contributed by atoms with Gasteiger partial charge in [-0.2, -0.15) is 0 Å². The molecule has 4 rings (SSSR count). The third kappa shape index (κ3) is 5.24. The van der Waals surface area contributed by atoms with Crippen molar-refractivity contribution in [2.45, 2.75) is 31.8 Å². The van der Waals surface area contributed by atoms with Crippen molar-refractivity contribution in [2.24, 2.45) is 0 Å². The summed E-state index contributed by atoms with van der Waals surface area (Å²) in [5, 5.41) is 5.67. The molecule has 1 saturated heterocycles. The smallest absolute Gasteiger partial charge is 0.287 e. The number of hydrogen-bond donors (Lipinski definition) is 2. The molecule has 1 aliphatic rings. The fourth-order valence-electron chi connectivity index (χ4n) is 3.72. The van der Waals surface area contributed by atoms with Crippen LogP contribution in [0, 0.1) is 0 Å². The van der Waals surface area contributed by atoms with Gasteiger partial charge in [-0.1, -0.05) is 42.5 Å². The summed E-state index contributed by atoms with van der Waals surface area (Å²) in [4.78, 5) is 39.1. The zero-order chi connectivity index (χ0) is 22.3. The Morgan fingerprint density at radius 1 is 0.969 bits per heavy atom. The van der Waals surface area contributed by atoms with Gasteiger partial charge in [-0.3, -0.25) is 14.4 Å². The lowest BCUT2D eigenvalue weighted by molar-refractivity contribution is -0.123. The van der Waals surface area contributed by atoms with Crippen molar-refractivity contribution in [3.05, 3.63) is 89.9 Å². The quantitative estimate of drug-likeness (QED) is 0.573. The highest BCUT2D eigenvalue weighted by molar-refractivity contribution is 5.96. The zero-order valence-corrected chi connectivity index (χ0v) is 17.6. The molecule has 0 spiro atoms. The van der Waals surface area contributed by atoms with Crippen molar-refractivity contribution in [3.63, 3.8) is 0 Å². The van der Waals surface area contributed by atoms with Crippen LogP contribution in [-0.4, -0.2) is 30.3 Å². The molecule has 1 unspecified atom stereocenters. The Kier molecular flexibility index (Phi) is 6.65. The van der Waals surface area contributed by atoms with Gasteiger partial charge in [0.1, 0.15) is 6.04 Å². The van der Waals surface area contributed by atoms with E-state index < -0.39 is 11.9 Å². The van der Waals surface area contributed by atoms with Crippen molar-refractivity contribution < 1.29 is 18.8 Å². The minimum absolute atomic E-state index is 0.141. The van der Waals surface area contributed by atoms with Crippen LogP contribution in [-0.2, 0) is 22.6 Å². The molecular formula is C25H25N3O4. The molecule has 32 heavy (non-hydrogen) atoms. The van der Waals surface area contributed by atoms with E-state index in [4.69, 9.17) is 4.42 Å². The minimum Gasteiger partial charge on any atom is -0.459 e. The van der Waals surface area contributed by atoms with E-state index in [2.05, 4.69) is 10.6 Å². The largest absolute Gasteiger partial charge is 0.459 e. The average Bonchev–Trinajstić information content (AvgIpc) is 3.50. The van der Waals surface area contributed by atoms with Crippen LogP contribution in [0.3, 0.4) is 0 Å². The highest BCUT2D eigenvalue weighted by atomic mass is 16.3. The van der Waals surface area contributed by atoms with Crippen LogP contribution in [0.4, 0.5) is 5.69 Å². The van der Waals surface area contributed by atoms with Crippen molar-refractivity contribution in [3.8, 4) is 0 Å². The average molecular weight is 431 g/mol. The van der Waals surface area contributed by atoms with Gasteiger partial charge in [0.25, 0.3) is 5.91 Å². The first-order chi connectivity index (χ1) is 15.6. The molecule has 3 aromatic rings. The maximum absolute atomic E-state index is 12.9. The van der Waals surface area contributed by atoms with Crippen LogP contribution < -0.4 is 15.5 Å². The summed E-state index contributed by atoms with van der Waals surface area (Å²) in [6.07, 6.45) is 3.24. The lowest BCUT2D eigenvalue weighted by Crippen LogP contribution is -2.47. The van der Waals surface area contributed by atoms with Crippen LogP contribution in [0.5, 0.6) is 0 Å². The molecule has 164 valence electrons. The second-order valence-electron chi connectivity index (χ2n) is 7.73. The number of amides is 3. The Bertz CT molecular complexity index is 1060. The summed E-state index contributed by atoms with van der Waals surface area (Å²) in [6, 6.07) is 19.5. The molecule has 0 saturated carbocycles. The Hall–Kier alpha value is -3.87. The van der Waals surface area contributed by atoms with Gasteiger partial charge in [-0.15, -0.1) is 0 Å². The van der Waals surface area contributed by atoms with E-state index in [1.165, 1.54) is 6.26 Å². The number of rotatable bonds is 8. The number of nitrogens with one attached hydrogen (secondary N) is 2. The van der Waals surface area contributed by atoms with E-state index in [-0.39, 0.29) is 17.6 Å². The number of nitrogens with zero attached hydrogens (tertiary/aromatic N) is 1. The number of furan rings is 1. The lowest BCUT2D eigenvalue weighted by Gasteiger charge is -2.19. The zero-order valence-electron chi connectivity index (χ0n) is 17.6. The summed E-state index contributed by atoms with van der Waals surface area (Å²) >= 11 is 0. The van der Waals surface area contributed by atoms with Crippen molar-refractivity contribution in [2.75, 3.05) is 11.4 Å². The third-order valence-electron chi connectivity index (χ3n) is 5.44. The number of carbonyl (C=O) groups is 3. The number of benzene rings is 2. The second-order valence-corrected chi connectivity index (χ2v) is 7.73. The molecule has 0 radical (unpaired) electrons. The summed E-state index contributed by atoms with van der Waals surface area (Å²) in [5.41, 5.74) is 2.71. The van der Waals surface area contributed by atoms with Gasteiger partial charge in [0.15, 0.2) is 5.76 Å². The molecule has 0 aliphatic carbocycles. The normalized spacial score (nSPS) is 14.2. The Balaban J connectivity index is 1.40. The topological polar surface area (TPSA) is 91.7 Å². The van der Waals surface area contributed by atoms with Crippen LogP contribution in [0.2, 0.25) is 0 Å². The number of hydrogen-bond acceptors (Lipinski definition) is 4. The minimum atomic E-state index is -0.753. The van der Waals surface area contributed by atoms with E-state index >= 15 is 0 Å². The fourth-order valence-corrected chi connectivity index (χ4v) is 3.72. The molecule has 2 N–H and O–H groups in total. The van der Waals surface area contributed by atoms with Crippen molar-refractivity contribution in [1.82, 2.24) is 10.6 Å². The predicted octanol–water partition coefficient (Wildman–Crippen LogP) is 3.06. The lowest BCUT2D eigenvalue weighted by atomic mass is 10.0. The van der Waals surface area contributed by atoms with Gasteiger partial charge in [0.05, 0.1) is 6.26 Å². The highest BCUT2D eigenvalue weighted by Gasteiger charge is 2.23. The van der Waals surface area contributed by atoms with Gasteiger partial charge in [0, 0.05) is 31.6 Å². The van der Waals surface area contributed by atoms with Gasteiger partial charge in [-0.25, -0.2) is 0 Å². The first-order valence-electron chi connectivity index (χ1n) is 10.7. The Morgan fingerprint density at radius 2 is 1.75 bits per heavy atom. The van der Waals surface area contributed by atoms with Crippen LogP contribution in [0.15, 0.2) is 77.4 Å². The molecule has 1 fully saturated rings. The molecule has 7 heteroatoms. The molecule has 2 heterocycles. The predicted molar refractivity (Wildman–Crippen MR) is 120 cm³/mol. The Labute approximate surface area is 186 Å². The monoisotopic (exact) mass is 431 g/mol. The number of carbonyl (C=O) groups excluding carboxylic acids is 3. The molecule has 7 nitrogen and oxygen atoms in total. The molecule has 1 aliphatic heterocycles. The first-order valence-corrected chi connectivity index (χ1v) is 10.7. The van der Waals surface area contributed by atoms with Gasteiger partial charge >= 0.3 is 0 Å². The molecule has 2 aromatic carbocycles. The van der Waals surface area contributed by atoms with Gasteiger partial charge in [0.2, 0.25) is 11.8 Å². The maximum atomic E-state index is 12.9. The third-order valence-corrected chi connectivity index (χ3v) is 5.44. The Morgan fingerprint density at radius 3 is 2.41 bits per heavy atom. The van der Waals surface area contributed by atoms with Gasteiger partial charge in [-0.05, 0) is 41.8 Å². The summed E-state index contributed by atoms with van der Waals surface area (Å²) in [6.45, 7) is 1.06. The first kappa shape index (κ1) is 21.4. The van der Waals surface area contributed by atoms with E-state index in [1.54, 1.807) is 17.0 Å². The van der Waals surface area contributed by atoms with Crippen LogP contribution >= 0.6 is 0 Å². The maximum Gasteiger partial charge on any atom is 0.287 e. The van der Waals surface area contributed by atoms with Crippen molar-refractivity contribution in [1.29, 1.82) is 0 Å².